The van der Waals surface area contributed by atoms with Gasteiger partial charge in [0.1, 0.15) is 13.2 Å². The topological polar surface area (TPSA) is 86.2 Å². The van der Waals surface area contributed by atoms with Gasteiger partial charge in [-0.05, 0) is 24.3 Å². The Balaban J connectivity index is 1.45. The van der Waals surface area contributed by atoms with Crippen LogP contribution in [0.15, 0.2) is 48.2 Å². The zero-order chi connectivity index (χ0) is 17.8. The molecule has 0 unspecified atom stereocenters. The van der Waals surface area contributed by atoms with E-state index in [0.29, 0.717) is 29.8 Å². The zero-order valence-electron chi connectivity index (χ0n) is 13.6. The fraction of sp³-hybridized carbons (Fsp3) is 0.111. The summed E-state index contributed by atoms with van der Waals surface area (Å²) in [6, 6.07) is 5.68. The van der Waals surface area contributed by atoms with Crippen LogP contribution in [0.25, 0.3) is 17.3 Å². The lowest BCUT2D eigenvalue weighted by Crippen LogP contribution is -2.15. The number of nitrogens with one attached hydrogen (secondary N) is 1. The van der Waals surface area contributed by atoms with E-state index in [0.717, 1.165) is 17.0 Å². The van der Waals surface area contributed by atoms with Gasteiger partial charge in [0.25, 0.3) is 0 Å². The summed E-state index contributed by atoms with van der Waals surface area (Å²) in [7, 11) is 0. The Morgan fingerprint density at radius 1 is 1.19 bits per heavy atom. The van der Waals surface area contributed by atoms with E-state index >= 15 is 0 Å². The van der Waals surface area contributed by atoms with Gasteiger partial charge in [-0.2, -0.15) is 0 Å². The molecule has 0 aliphatic carbocycles. The van der Waals surface area contributed by atoms with Crippen molar-refractivity contribution in [2.24, 2.45) is 0 Å². The highest BCUT2D eigenvalue weighted by Gasteiger charge is 2.14. The van der Waals surface area contributed by atoms with Gasteiger partial charge >= 0.3 is 0 Å². The molecule has 0 atom stereocenters. The van der Waals surface area contributed by atoms with Crippen LogP contribution in [0.2, 0.25) is 0 Å². The summed E-state index contributed by atoms with van der Waals surface area (Å²) in [4.78, 5) is 24.5. The largest absolute Gasteiger partial charge is 0.486 e. The van der Waals surface area contributed by atoms with Gasteiger partial charge in [0, 0.05) is 29.4 Å². The van der Waals surface area contributed by atoms with Crippen LogP contribution in [0.3, 0.4) is 0 Å². The first-order valence-electron chi connectivity index (χ1n) is 7.88. The second-order valence-electron chi connectivity index (χ2n) is 5.35. The first kappa shape index (κ1) is 16.2. The Morgan fingerprint density at radius 3 is 2.92 bits per heavy atom. The van der Waals surface area contributed by atoms with Crippen LogP contribution < -0.4 is 14.8 Å². The van der Waals surface area contributed by atoms with Crippen LogP contribution in [-0.4, -0.2) is 34.1 Å². The maximum absolute atomic E-state index is 12.0. The number of fused-ring (bicyclic) bond motifs is 1. The van der Waals surface area contributed by atoms with Crippen molar-refractivity contribution >= 4 is 28.5 Å². The Bertz CT molecular complexity index is 956. The minimum Gasteiger partial charge on any atom is -0.486 e. The van der Waals surface area contributed by atoms with E-state index < -0.39 is 0 Å². The summed E-state index contributed by atoms with van der Waals surface area (Å²) in [5.41, 5.74) is 2.28. The quantitative estimate of drug-likeness (QED) is 0.714. The van der Waals surface area contributed by atoms with Gasteiger partial charge in [-0.3, -0.25) is 20.1 Å². The molecule has 0 spiro atoms. The lowest BCUT2D eigenvalue weighted by molar-refractivity contribution is -0.111. The second-order valence-corrected chi connectivity index (χ2v) is 6.21. The van der Waals surface area contributed by atoms with Gasteiger partial charge < -0.3 is 9.47 Å². The second kappa shape index (κ2) is 7.32. The molecule has 0 fully saturated rings. The van der Waals surface area contributed by atoms with Crippen LogP contribution in [0.1, 0.15) is 5.69 Å². The number of carbonyl (C=O) groups is 1. The third-order valence-corrected chi connectivity index (χ3v) is 4.32. The van der Waals surface area contributed by atoms with Crippen molar-refractivity contribution in [3.8, 4) is 22.8 Å². The van der Waals surface area contributed by atoms with E-state index in [-0.39, 0.29) is 5.91 Å². The molecule has 3 heterocycles. The number of thiazole rings is 1. The van der Waals surface area contributed by atoms with Crippen molar-refractivity contribution in [2.75, 3.05) is 18.5 Å². The third-order valence-electron chi connectivity index (χ3n) is 3.56. The standard InChI is InChI=1S/C18H14N4O3S/c23-17(4-2-13-10-19-5-6-20-13)22-18-21-14(11-26-18)12-1-3-15-16(9-12)25-8-7-24-15/h1-6,9-11H,7-8H2,(H,21,22,23)/b4-2+. The molecule has 4 rings (SSSR count). The summed E-state index contributed by atoms with van der Waals surface area (Å²) in [5, 5.41) is 5.14. The monoisotopic (exact) mass is 366 g/mol. The molecule has 0 radical (unpaired) electrons. The number of ether oxygens (including phenoxy) is 2. The predicted molar refractivity (Wildman–Crippen MR) is 98.2 cm³/mol. The Kier molecular flexibility index (Phi) is 4.57. The molecular weight excluding hydrogens is 352 g/mol. The molecule has 1 aromatic carbocycles. The number of rotatable bonds is 4. The molecule has 8 heteroatoms. The van der Waals surface area contributed by atoms with Crippen molar-refractivity contribution in [3.63, 3.8) is 0 Å². The SMILES string of the molecule is O=C(/C=C/c1cnccn1)Nc1nc(-c2ccc3c(c2)OCCO3)cs1. The normalized spacial score (nSPS) is 12.9. The summed E-state index contributed by atoms with van der Waals surface area (Å²) in [5.74, 6) is 1.16. The first-order chi connectivity index (χ1) is 12.8. The van der Waals surface area contributed by atoms with Crippen molar-refractivity contribution in [3.05, 3.63) is 53.9 Å². The van der Waals surface area contributed by atoms with Crippen molar-refractivity contribution in [1.82, 2.24) is 15.0 Å². The number of benzene rings is 1. The van der Waals surface area contributed by atoms with Gasteiger partial charge in [-0.1, -0.05) is 0 Å². The number of anilines is 1. The Labute approximate surface area is 153 Å². The van der Waals surface area contributed by atoms with Gasteiger partial charge in [0.2, 0.25) is 5.91 Å². The molecule has 2 aromatic heterocycles. The molecule has 1 amide bonds. The fourth-order valence-corrected chi connectivity index (χ4v) is 3.09. The van der Waals surface area contributed by atoms with Crippen LogP contribution in [-0.2, 0) is 4.79 Å². The van der Waals surface area contributed by atoms with Gasteiger partial charge in [-0.25, -0.2) is 4.98 Å². The lowest BCUT2D eigenvalue weighted by atomic mass is 10.1. The molecule has 26 heavy (non-hydrogen) atoms. The summed E-state index contributed by atoms with van der Waals surface area (Å²) in [6.45, 7) is 1.09. The molecule has 7 nitrogen and oxygen atoms in total. The van der Waals surface area contributed by atoms with E-state index in [2.05, 4.69) is 20.3 Å². The molecular formula is C18H14N4O3S. The molecule has 1 N–H and O–H groups in total. The average Bonchev–Trinajstić information content (AvgIpc) is 3.15. The van der Waals surface area contributed by atoms with E-state index in [1.807, 2.05) is 23.6 Å². The molecule has 1 aliphatic rings. The number of carbonyl (C=O) groups excluding carboxylic acids is 1. The summed E-state index contributed by atoms with van der Waals surface area (Å²) >= 11 is 1.35. The molecule has 0 saturated heterocycles. The van der Waals surface area contributed by atoms with E-state index in [1.165, 1.54) is 17.4 Å². The molecule has 0 bridgehead atoms. The third kappa shape index (κ3) is 3.70. The number of amides is 1. The van der Waals surface area contributed by atoms with Crippen LogP contribution in [0.5, 0.6) is 11.5 Å². The van der Waals surface area contributed by atoms with E-state index in [9.17, 15) is 4.79 Å². The lowest BCUT2D eigenvalue weighted by Gasteiger charge is -2.18. The van der Waals surface area contributed by atoms with Crippen molar-refractivity contribution < 1.29 is 14.3 Å². The van der Waals surface area contributed by atoms with Gasteiger partial charge in [0.05, 0.1) is 17.6 Å². The zero-order valence-corrected chi connectivity index (χ0v) is 14.4. The van der Waals surface area contributed by atoms with Crippen molar-refractivity contribution in [2.45, 2.75) is 0 Å². The average molecular weight is 366 g/mol. The molecule has 1 aliphatic heterocycles. The highest BCUT2D eigenvalue weighted by molar-refractivity contribution is 7.14. The Hall–Kier alpha value is -3.26. The minimum atomic E-state index is -0.279. The predicted octanol–water partition coefficient (Wildman–Crippen LogP) is 3.02. The van der Waals surface area contributed by atoms with Crippen molar-refractivity contribution in [1.29, 1.82) is 0 Å². The molecule has 0 saturated carbocycles. The fourth-order valence-electron chi connectivity index (χ4n) is 2.37. The molecule has 3 aromatic rings. The summed E-state index contributed by atoms with van der Waals surface area (Å²) < 4.78 is 11.1. The van der Waals surface area contributed by atoms with E-state index in [1.54, 1.807) is 24.7 Å². The maximum atomic E-state index is 12.0. The molecule has 130 valence electrons. The highest BCUT2D eigenvalue weighted by atomic mass is 32.1. The Morgan fingerprint density at radius 2 is 2.08 bits per heavy atom. The first-order valence-corrected chi connectivity index (χ1v) is 8.76. The summed E-state index contributed by atoms with van der Waals surface area (Å²) in [6.07, 6.45) is 7.71. The highest BCUT2D eigenvalue weighted by Crippen LogP contribution is 2.35. The number of nitrogens with zero attached hydrogens (tertiary/aromatic N) is 3. The smallest absolute Gasteiger partial charge is 0.250 e. The number of hydrogen-bond donors (Lipinski definition) is 1. The minimum absolute atomic E-state index is 0.279. The number of hydrogen-bond acceptors (Lipinski definition) is 7. The van der Waals surface area contributed by atoms with Crippen LogP contribution in [0.4, 0.5) is 5.13 Å². The van der Waals surface area contributed by atoms with E-state index in [4.69, 9.17) is 9.47 Å². The van der Waals surface area contributed by atoms with Crippen LogP contribution in [0, 0.1) is 0 Å². The van der Waals surface area contributed by atoms with Crippen LogP contribution >= 0.6 is 11.3 Å². The van der Waals surface area contributed by atoms with Gasteiger partial charge in [-0.15, -0.1) is 11.3 Å². The maximum Gasteiger partial charge on any atom is 0.250 e. The number of aromatic nitrogens is 3. The van der Waals surface area contributed by atoms with Gasteiger partial charge in [0.15, 0.2) is 16.6 Å².